The first-order valence-corrected chi connectivity index (χ1v) is 10.1. The van der Waals surface area contributed by atoms with Crippen molar-refractivity contribution < 1.29 is 9.32 Å². The molecule has 4 rings (SSSR count). The van der Waals surface area contributed by atoms with Crippen molar-refractivity contribution in [2.24, 2.45) is 0 Å². The molecule has 0 atom stereocenters. The van der Waals surface area contributed by atoms with E-state index in [1.165, 1.54) is 11.3 Å². The molecule has 1 amide bonds. The summed E-state index contributed by atoms with van der Waals surface area (Å²) in [4.78, 5) is 22.3. The molecule has 2 aromatic heterocycles. The largest absolute Gasteiger partial charge is 0.334 e. The summed E-state index contributed by atoms with van der Waals surface area (Å²) in [6.07, 6.45) is 1.60. The van der Waals surface area contributed by atoms with Crippen LogP contribution in [0.1, 0.15) is 40.8 Å². The summed E-state index contributed by atoms with van der Waals surface area (Å²) in [7, 11) is 0. The molecule has 6 nitrogen and oxygen atoms in total. The van der Waals surface area contributed by atoms with E-state index >= 15 is 0 Å². The smallest absolute Gasteiger partial charge is 0.267 e. The first-order valence-electron chi connectivity index (χ1n) is 9.29. The Morgan fingerprint density at radius 2 is 1.90 bits per heavy atom. The molecule has 0 saturated carbocycles. The van der Waals surface area contributed by atoms with Gasteiger partial charge in [-0.2, -0.15) is 4.98 Å². The van der Waals surface area contributed by atoms with E-state index in [2.05, 4.69) is 20.4 Å². The number of carbonyl (C=O) groups excluding carboxylic acids is 1. The minimum Gasteiger partial charge on any atom is -0.334 e. The first kappa shape index (κ1) is 19.0. The van der Waals surface area contributed by atoms with Gasteiger partial charge in [-0.15, -0.1) is 11.3 Å². The summed E-state index contributed by atoms with van der Waals surface area (Å²) in [5, 5.41) is 7.84. The normalized spacial score (nSPS) is 11.0. The van der Waals surface area contributed by atoms with Gasteiger partial charge in [0, 0.05) is 11.5 Å². The van der Waals surface area contributed by atoms with Crippen LogP contribution in [0.5, 0.6) is 0 Å². The molecule has 4 aromatic rings. The number of nitrogens with one attached hydrogen (secondary N) is 1. The number of rotatable bonds is 5. The number of amides is 1. The van der Waals surface area contributed by atoms with Gasteiger partial charge >= 0.3 is 0 Å². The topological polar surface area (TPSA) is 80.9 Å². The third kappa shape index (κ3) is 3.95. The van der Waals surface area contributed by atoms with E-state index < -0.39 is 0 Å². The Morgan fingerprint density at radius 1 is 1.10 bits per heavy atom. The molecule has 0 radical (unpaired) electrons. The average Bonchev–Trinajstić information content (AvgIpc) is 3.40. The van der Waals surface area contributed by atoms with E-state index in [4.69, 9.17) is 4.52 Å². The monoisotopic (exact) mass is 404 g/mol. The number of hydrogen-bond donors (Lipinski definition) is 1. The third-order valence-electron chi connectivity index (χ3n) is 4.45. The van der Waals surface area contributed by atoms with E-state index in [9.17, 15) is 4.79 Å². The van der Waals surface area contributed by atoms with Gasteiger partial charge in [0.2, 0.25) is 0 Å². The summed E-state index contributed by atoms with van der Waals surface area (Å²) < 4.78 is 5.43. The molecule has 7 heteroatoms. The Hall–Kier alpha value is -3.32. The van der Waals surface area contributed by atoms with Gasteiger partial charge in [0.15, 0.2) is 5.82 Å². The number of aryl methyl sites for hydroxylation is 1. The molecular formula is C22H20N4O2S. The predicted octanol–water partition coefficient (Wildman–Crippen LogP) is 5.54. The van der Waals surface area contributed by atoms with Crippen molar-refractivity contribution in [3.8, 4) is 22.0 Å². The molecule has 0 aliphatic carbocycles. The molecule has 0 aliphatic heterocycles. The van der Waals surface area contributed by atoms with E-state index in [0.717, 1.165) is 16.1 Å². The van der Waals surface area contributed by atoms with Gasteiger partial charge in [0.1, 0.15) is 9.88 Å². The van der Waals surface area contributed by atoms with Crippen LogP contribution in [-0.2, 0) is 0 Å². The van der Waals surface area contributed by atoms with Crippen molar-refractivity contribution in [2.45, 2.75) is 26.7 Å². The zero-order valence-electron chi connectivity index (χ0n) is 16.3. The van der Waals surface area contributed by atoms with Crippen molar-refractivity contribution in [1.82, 2.24) is 15.1 Å². The number of carbonyl (C=O) groups is 1. The summed E-state index contributed by atoms with van der Waals surface area (Å²) in [5.74, 6) is 0.962. The van der Waals surface area contributed by atoms with Gasteiger partial charge in [0.05, 0.1) is 17.4 Å². The van der Waals surface area contributed by atoms with Crippen LogP contribution < -0.4 is 5.32 Å². The molecule has 146 valence electrons. The molecule has 0 saturated heterocycles. The lowest BCUT2D eigenvalue weighted by atomic mass is 10.1. The Morgan fingerprint density at radius 3 is 2.62 bits per heavy atom. The van der Waals surface area contributed by atoms with Crippen molar-refractivity contribution in [3.05, 3.63) is 71.0 Å². The van der Waals surface area contributed by atoms with Crippen LogP contribution in [0.3, 0.4) is 0 Å². The molecule has 29 heavy (non-hydrogen) atoms. The van der Waals surface area contributed by atoms with E-state index in [-0.39, 0.29) is 11.8 Å². The second kappa shape index (κ2) is 7.97. The number of aromatic nitrogens is 3. The van der Waals surface area contributed by atoms with Crippen LogP contribution in [0.25, 0.3) is 22.0 Å². The van der Waals surface area contributed by atoms with Crippen molar-refractivity contribution in [3.63, 3.8) is 0 Å². The zero-order chi connectivity index (χ0) is 20.4. The maximum absolute atomic E-state index is 12.9. The highest BCUT2D eigenvalue weighted by Gasteiger charge is 2.19. The SMILES string of the molecule is Cc1cccc(-c2nc(C(C)C)no2)c1NC(=O)c1cnc(-c2ccccc2)s1. The average molecular weight is 404 g/mol. The lowest BCUT2D eigenvalue weighted by Gasteiger charge is -2.10. The van der Waals surface area contributed by atoms with Gasteiger partial charge < -0.3 is 9.84 Å². The molecule has 2 aromatic carbocycles. The highest BCUT2D eigenvalue weighted by atomic mass is 32.1. The van der Waals surface area contributed by atoms with E-state index in [1.54, 1.807) is 6.20 Å². The number of benzene rings is 2. The van der Waals surface area contributed by atoms with Gasteiger partial charge in [-0.05, 0) is 18.6 Å². The number of anilines is 1. The maximum Gasteiger partial charge on any atom is 0.267 e. The Balaban J connectivity index is 1.63. The highest BCUT2D eigenvalue weighted by molar-refractivity contribution is 7.17. The van der Waals surface area contributed by atoms with Gasteiger partial charge in [-0.3, -0.25) is 4.79 Å². The van der Waals surface area contributed by atoms with E-state index in [1.807, 2.05) is 69.3 Å². The van der Waals surface area contributed by atoms with Crippen molar-refractivity contribution in [2.75, 3.05) is 5.32 Å². The second-order valence-electron chi connectivity index (χ2n) is 6.96. The fraction of sp³-hybridized carbons (Fsp3) is 0.182. The number of thiazole rings is 1. The van der Waals surface area contributed by atoms with Crippen LogP contribution in [0.2, 0.25) is 0 Å². The van der Waals surface area contributed by atoms with Crippen molar-refractivity contribution in [1.29, 1.82) is 0 Å². The minimum absolute atomic E-state index is 0.156. The quantitative estimate of drug-likeness (QED) is 0.472. The van der Waals surface area contributed by atoms with Gasteiger partial charge in [-0.1, -0.05) is 61.5 Å². The Kier molecular flexibility index (Phi) is 5.22. The molecule has 0 fully saturated rings. The number of hydrogen-bond acceptors (Lipinski definition) is 6. The molecule has 2 heterocycles. The Bertz CT molecular complexity index is 1150. The lowest BCUT2D eigenvalue weighted by molar-refractivity contribution is 0.103. The summed E-state index contributed by atoms with van der Waals surface area (Å²) in [6.45, 7) is 5.93. The minimum atomic E-state index is -0.219. The molecule has 1 N–H and O–H groups in total. The second-order valence-corrected chi connectivity index (χ2v) is 7.99. The van der Waals surface area contributed by atoms with Crippen LogP contribution in [0, 0.1) is 6.92 Å². The first-order chi connectivity index (χ1) is 14.0. The summed E-state index contributed by atoms with van der Waals surface area (Å²) >= 11 is 1.35. The van der Waals surface area contributed by atoms with E-state index in [0.29, 0.717) is 27.8 Å². The summed E-state index contributed by atoms with van der Waals surface area (Å²) in [6, 6.07) is 15.5. The number of nitrogens with zero attached hydrogens (tertiary/aromatic N) is 3. The van der Waals surface area contributed by atoms with Crippen LogP contribution in [-0.4, -0.2) is 21.0 Å². The summed E-state index contributed by atoms with van der Waals surface area (Å²) in [5.41, 5.74) is 3.25. The fourth-order valence-corrected chi connectivity index (χ4v) is 3.68. The standard InChI is InChI=1S/C22H20N4O2S/c1-13(2)19-25-21(28-26-19)16-11-7-8-14(3)18(16)24-20(27)17-12-23-22(29-17)15-9-5-4-6-10-15/h4-13H,1-3H3,(H,24,27). The number of para-hydroxylation sites is 1. The predicted molar refractivity (Wildman–Crippen MR) is 114 cm³/mol. The Labute approximate surface area is 172 Å². The molecule has 0 spiro atoms. The lowest BCUT2D eigenvalue weighted by Crippen LogP contribution is -2.12. The molecule has 0 aliphatic rings. The van der Waals surface area contributed by atoms with Crippen molar-refractivity contribution >= 4 is 22.9 Å². The van der Waals surface area contributed by atoms with Crippen LogP contribution in [0.15, 0.2) is 59.3 Å². The van der Waals surface area contributed by atoms with Crippen LogP contribution in [0.4, 0.5) is 5.69 Å². The molecule has 0 unspecified atom stereocenters. The highest BCUT2D eigenvalue weighted by Crippen LogP contribution is 2.32. The third-order valence-corrected chi connectivity index (χ3v) is 5.50. The fourth-order valence-electron chi connectivity index (χ4n) is 2.86. The molecule has 0 bridgehead atoms. The zero-order valence-corrected chi connectivity index (χ0v) is 17.2. The van der Waals surface area contributed by atoms with Crippen LogP contribution >= 0.6 is 11.3 Å². The van der Waals surface area contributed by atoms with Gasteiger partial charge in [-0.25, -0.2) is 4.98 Å². The van der Waals surface area contributed by atoms with Gasteiger partial charge in [0.25, 0.3) is 11.8 Å². The maximum atomic E-state index is 12.9. The molecular weight excluding hydrogens is 384 g/mol.